The van der Waals surface area contributed by atoms with Gasteiger partial charge in [-0.3, -0.25) is 10.1 Å². The number of nitrogens with one attached hydrogen (secondary N) is 2. The number of hydrogen-bond acceptors (Lipinski definition) is 3. The quantitative estimate of drug-likeness (QED) is 0.516. The number of primary amides is 1. The van der Waals surface area contributed by atoms with E-state index in [0.717, 1.165) is 30.5 Å². The number of amides is 2. The maximum atomic E-state index is 15.0. The number of halogens is 1. The molecule has 1 aliphatic carbocycles. The Balaban J connectivity index is 1.98. The number of carbonyl (C=O) groups excluding carboxylic acids is 2. The van der Waals surface area contributed by atoms with Crippen molar-refractivity contribution in [2.45, 2.75) is 73.9 Å². The molecule has 1 fully saturated rings. The number of nitrogens with two attached hydrogens (primary N) is 1. The van der Waals surface area contributed by atoms with Crippen molar-refractivity contribution in [2.75, 3.05) is 13.1 Å². The second kappa shape index (κ2) is 10.6. The minimum atomic E-state index is -0.393. The van der Waals surface area contributed by atoms with Gasteiger partial charge < -0.3 is 10.6 Å². The third kappa shape index (κ3) is 7.97. The highest BCUT2D eigenvalue weighted by atomic mass is 19.1. The van der Waals surface area contributed by atoms with Crippen LogP contribution in [0, 0.1) is 23.6 Å². The molecule has 0 aliphatic heterocycles. The third-order valence-electron chi connectivity index (χ3n) is 6.05. The van der Waals surface area contributed by atoms with Crippen molar-refractivity contribution < 1.29 is 19.3 Å². The Morgan fingerprint density at radius 3 is 2.20 bits per heavy atom. The zero-order valence-corrected chi connectivity index (χ0v) is 22.3. The second-order valence-corrected chi connectivity index (χ2v) is 12.3. The van der Waals surface area contributed by atoms with Crippen molar-refractivity contribution in [2.24, 2.45) is 10.8 Å². The van der Waals surface area contributed by atoms with Gasteiger partial charge in [0.25, 0.3) is 5.91 Å². The van der Waals surface area contributed by atoms with Crippen molar-refractivity contribution in [3.05, 3.63) is 58.4 Å². The van der Waals surface area contributed by atoms with Crippen molar-refractivity contribution in [3.8, 4) is 11.1 Å². The van der Waals surface area contributed by atoms with Crippen LogP contribution in [-0.4, -0.2) is 30.9 Å². The SMILES string of the molecule is Cc1c(F)cc(C(=O)[NH2+]C2CC2)cc1-c1ccc(C(=O)NCC(C)(C)C)cc1CNCC(C)(C)C. The largest absolute Gasteiger partial charge is 0.352 e. The van der Waals surface area contributed by atoms with Gasteiger partial charge in [-0.15, -0.1) is 0 Å². The van der Waals surface area contributed by atoms with Crippen LogP contribution >= 0.6 is 0 Å². The molecular formula is C29H41FN3O2+. The highest BCUT2D eigenvalue weighted by molar-refractivity contribution is 5.95. The zero-order valence-electron chi connectivity index (χ0n) is 22.3. The van der Waals surface area contributed by atoms with Crippen LogP contribution in [0.1, 0.15) is 86.2 Å². The summed E-state index contributed by atoms with van der Waals surface area (Å²) in [5.74, 6) is -0.650. The summed E-state index contributed by atoms with van der Waals surface area (Å²) in [5, 5.41) is 8.20. The monoisotopic (exact) mass is 482 g/mol. The Bertz CT molecular complexity index is 1090. The number of rotatable bonds is 8. The first-order chi connectivity index (χ1) is 16.2. The fourth-order valence-electron chi connectivity index (χ4n) is 3.84. The smallest absolute Gasteiger partial charge is 0.342 e. The second-order valence-electron chi connectivity index (χ2n) is 12.3. The van der Waals surface area contributed by atoms with Crippen LogP contribution in [0.25, 0.3) is 11.1 Å². The molecule has 0 radical (unpaired) electrons. The first-order valence-corrected chi connectivity index (χ1v) is 12.5. The molecule has 4 N–H and O–H groups in total. The highest BCUT2D eigenvalue weighted by Gasteiger charge is 2.30. The topological polar surface area (TPSA) is 74.8 Å². The van der Waals surface area contributed by atoms with Crippen LogP contribution in [0.5, 0.6) is 0 Å². The summed E-state index contributed by atoms with van der Waals surface area (Å²) in [6.45, 7) is 16.3. The molecule has 6 heteroatoms. The van der Waals surface area contributed by atoms with Gasteiger partial charge >= 0.3 is 5.91 Å². The van der Waals surface area contributed by atoms with Crippen molar-refractivity contribution in [3.63, 3.8) is 0 Å². The molecular weight excluding hydrogens is 441 g/mol. The van der Waals surface area contributed by atoms with Crippen LogP contribution in [0.3, 0.4) is 0 Å². The lowest BCUT2D eigenvalue weighted by molar-refractivity contribution is -0.569. The average molecular weight is 483 g/mol. The minimum absolute atomic E-state index is 0.0220. The van der Waals surface area contributed by atoms with E-state index in [-0.39, 0.29) is 22.6 Å². The standard InChI is InChI=1S/C29H40FN3O2/c1-18-24(13-20(14-25(18)30)27(35)33-22-9-10-22)23-11-8-19(26(34)32-17-29(5,6)7)12-21(23)15-31-16-28(2,3)4/h8,11-14,22,31H,9-10,15-17H2,1-7H3,(H,32,34)(H,33,35)/p+1. The minimum Gasteiger partial charge on any atom is -0.352 e. The number of benzene rings is 2. The van der Waals surface area contributed by atoms with Gasteiger partial charge in [0, 0.05) is 38.0 Å². The van der Waals surface area contributed by atoms with Crippen LogP contribution in [0.15, 0.2) is 30.3 Å². The molecule has 190 valence electrons. The Hall–Kier alpha value is -2.57. The molecule has 2 amide bonds. The molecule has 0 saturated heterocycles. The van der Waals surface area contributed by atoms with Gasteiger partial charge in [0.2, 0.25) is 0 Å². The Morgan fingerprint density at radius 2 is 1.60 bits per heavy atom. The molecule has 0 atom stereocenters. The molecule has 0 spiro atoms. The summed E-state index contributed by atoms with van der Waals surface area (Å²) >= 11 is 0. The molecule has 0 bridgehead atoms. The van der Waals surface area contributed by atoms with Gasteiger partial charge in [0.15, 0.2) is 0 Å². The zero-order chi connectivity index (χ0) is 26.0. The highest BCUT2D eigenvalue weighted by Crippen LogP contribution is 2.31. The fourth-order valence-corrected chi connectivity index (χ4v) is 3.84. The summed E-state index contributed by atoms with van der Waals surface area (Å²) in [6.07, 6.45) is 2.05. The molecule has 0 heterocycles. The van der Waals surface area contributed by atoms with Crippen LogP contribution in [-0.2, 0) is 6.54 Å². The number of hydrogen-bond donors (Lipinski definition) is 3. The van der Waals surface area contributed by atoms with Gasteiger partial charge in [-0.05, 0) is 64.3 Å². The van der Waals surface area contributed by atoms with Gasteiger partial charge in [-0.2, -0.15) is 0 Å². The summed E-state index contributed by atoms with van der Waals surface area (Å²) in [6, 6.07) is 8.99. The molecule has 3 rings (SSSR count). The van der Waals surface area contributed by atoms with Gasteiger partial charge in [-0.1, -0.05) is 47.6 Å². The molecule has 1 aliphatic rings. The summed E-state index contributed by atoms with van der Waals surface area (Å²) in [5.41, 5.74) is 3.92. The summed E-state index contributed by atoms with van der Waals surface area (Å²) in [4.78, 5) is 25.6. The van der Waals surface area contributed by atoms with Crippen LogP contribution < -0.4 is 16.0 Å². The molecule has 35 heavy (non-hydrogen) atoms. The maximum absolute atomic E-state index is 15.0. The van der Waals surface area contributed by atoms with Gasteiger partial charge in [0.1, 0.15) is 5.82 Å². The van der Waals surface area contributed by atoms with E-state index in [1.807, 2.05) is 12.1 Å². The van der Waals surface area contributed by atoms with E-state index >= 15 is 0 Å². The predicted octanol–water partition coefficient (Wildman–Crippen LogP) is 4.58. The fraction of sp³-hybridized carbons (Fsp3) is 0.517. The maximum Gasteiger partial charge on any atom is 0.342 e. The van der Waals surface area contributed by atoms with E-state index in [1.165, 1.54) is 6.07 Å². The lowest BCUT2D eigenvalue weighted by Crippen LogP contribution is -2.89. The molecule has 0 unspecified atom stereocenters. The van der Waals surface area contributed by atoms with E-state index in [1.54, 1.807) is 24.4 Å². The first kappa shape index (κ1) is 27.0. The van der Waals surface area contributed by atoms with Crippen molar-refractivity contribution in [1.82, 2.24) is 10.6 Å². The van der Waals surface area contributed by atoms with Crippen LogP contribution in [0.2, 0.25) is 0 Å². The Morgan fingerprint density at radius 1 is 0.943 bits per heavy atom. The van der Waals surface area contributed by atoms with Gasteiger partial charge in [0.05, 0.1) is 11.6 Å². The third-order valence-corrected chi connectivity index (χ3v) is 6.05. The molecule has 1 saturated carbocycles. The Labute approximate surface area is 209 Å². The predicted molar refractivity (Wildman–Crippen MR) is 139 cm³/mol. The first-order valence-electron chi connectivity index (χ1n) is 12.5. The summed E-state index contributed by atoms with van der Waals surface area (Å²) < 4.78 is 15.0. The molecule has 5 nitrogen and oxygen atoms in total. The number of quaternary nitrogens is 1. The normalized spacial score (nSPS) is 14.2. The van der Waals surface area contributed by atoms with Crippen molar-refractivity contribution in [1.29, 1.82) is 0 Å². The lowest BCUT2D eigenvalue weighted by atomic mass is 9.91. The molecule has 0 aromatic heterocycles. The molecule has 2 aromatic carbocycles. The lowest BCUT2D eigenvalue weighted by Gasteiger charge is -2.21. The number of carbonyl (C=O) groups is 2. The average Bonchev–Trinajstić information content (AvgIpc) is 3.56. The summed E-state index contributed by atoms with van der Waals surface area (Å²) in [7, 11) is 0. The Kier molecular flexibility index (Phi) is 8.17. The van der Waals surface area contributed by atoms with E-state index in [2.05, 4.69) is 52.2 Å². The van der Waals surface area contributed by atoms with E-state index < -0.39 is 5.82 Å². The van der Waals surface area contributed by atoms with E-state index in [0.29, 0.717) is 41.4 Å². The van der Waals surface area contributed by atoms with E-state index in [9.17, 15) is 14.0 Å². The van der Waals surface area contributed by atoms with Crippen molar-refractivity contribution >= 4 is 11.8 Å². The molecule has 2 aromatic rings. The van der Waals surface area contributed by atoms with Gasteiger partial charge in [-0.25, -0.2) is 9.18 Å². The van der Waals surface area contributed by atoms with Crippen LogP contribution in [0.4, 0.5) is 4.39 Å². The van der Waals surface area contributed by atoms with E-state index in [4.69, 9.17) is 0 Å².